The summed E-state index contributed by atoms with van der Waals surface area (Å²) in [6.07, 6.45) is 2.28. The summed E-state index contributed by atoms with van der Waals surface area (Å²) in [6, 6.07) is 5.21. The van der Waals surface area contributed by atoms with E-state index in [2.05, 4.69) is 0 Å². The van der Waals surface area contributed by atoms with Crippen molar-refractivity contribution < 1.29 is 9.21 Å². The smallest absolute Gasteiger partial charge is 0.290 e. The molecule has 0 aliphatic carbocycles. The van der Waals surface area contributed by atoms with Gasteiger partial charge in [0.1, 0.15) is 6.54 Å². The second kappa shape index (κ2) is 5.07. The highest BCUT2D eigenvalue weighted by atomic mass is 16.3. The van der Waals surface area contributed by atoms with Gasteiger partial charge < -0.3 is 9.32 Å². The second-order valence-corrected chi connectivity index (χ2v) is 2.86. The van der Waals surface area contributed by atoms with E-state index in [1.807, 2.05) is 13.0 Å². The minimum atomic E-state index is -0.224. The van der Waals surface area contributed by atoms with Crippen LogP contribution in [-0.2, 0) is 0 Å². The van der Waals surface area contributed by atoms with Gasteiger partial charge in [0.05, 0.1) is 12.3 Å². The Labute approximate surface area is 82.7 Å². The van der Waals surface area contributed by atoms with E-state index in [4.69, 9.17) is 9.68 Å². The van der Waals surface area contributed by atoms with Crippen molar-refractivity contribution in [3.63, 3.8) is 0 Å². The van der Waals surface area contributed by atoms with Gasteiger partial charge in [-0.3, -0.25) is 4.79 Å². The Morgan fingerprint density at radius 2 is 2.50 bits per heavy atom. The van der Waals surface area contributed by atoms with Crippen molar-refractivity contribution >= 4 is 5.91 Å². The molecule has 4 nitrogen and oxygen atoms in total. The molecule has 0 spiro atoms. The summed E-state index contributed by atoms with van der Waals surface area (Å²) < 4.78 is 4.97. The van der Waals surface area contributed by atoms with Crippen LogP contribution in [0.15, 0.2) is 22.8 Å². The predicted molar refractivity (Wildman–Crippen MR) is 50.5 cm³/mol. The Morgan fingerprint density at radius 1 is 1.71 bits per heavy atom. The topological polar surface area (TPSA) is 57.2 Å². The third-order valence-corrected chi connectivity index (χ3v) is 1.77. The van der Waals surface area contributed by atoms with Gasteiger partial charge in [-0.1, -0.05) is 6.92 Å². The highest BCUT2D eigenvalue weighted by Gasteiger charge is 2.16. The molecule has 0 unspecified atom stereocenters. The van der Waals surface area contributed by atoms with Crippen molar-refractivity contribution in [1.82, 2.24) is 4.90 Å². The largest absolute Gasteiger partial charge is 0.459 e. The van der Waals surface area contributed by atoms with E-state index < -0.39 is 0 Å². The van der Waals surface area contributed by atoms with Crippen molar-refractivity contribution in [2.24, 2.45) is 0 Å². The summed E-state index contributed by atoms with van der Waals surface area (Å²) in [6.45, 7) is 2.64. The van der Waals surface area contributed by atoms with Gasteiger partial charge in [-0.05, 0) is 18.6 Å². The minimum Gasteiger partial charge on any atom is -0.459 e. The van der Waals surface area contributed by atoms with E-state index in [0.29, 0.717) is 6.54 Å². The normalized spacial score (nSPS) is 9.43. The van der Waals surface area contributed by atoms with Gasteiger partial charge in [-0.2, -0.15) is 5.26 Å². The molecule has 4 heteroatoms. The van der Waals surface area contributed by atoms with Crippen LogP contribution in [0, 0.1) is 11.3 Å². The number of furan rings is 1. The number of rotatable bonds is 4. The zero-order chi connectivity index (χ0) is 10.4. The monoisotopic (exact) mass is 192 g/mol. The van der Waals surface area contributed by atoms with Crippen LogP contribution in [0.1, 0.15) is 23.9 Å². The Kier molecular flexibility index (Phi) is 3.74. The molecule has 1 aromatic rings. The molecule has 0 bridgehead atoms. The summed E-state index contributed by atoms with van der Waals surface area (Å²) in [5.74, 6) is 0.0621. The molecule has 0 aromatic carbocycles. The van der Waals surface area contributed by atoms with E-state index in [1.165, 1.54) is 11.2 Å². The fourth-order valence-corrected chi connectivity index (χ4v) is 1.16. The highest BCUT2D eigenvalue weighted by molar-refractivity contribution is 5.91. The molecule has 1 rings (SSSR count). The Hall–Kier alpha value is -1.76. The van der Waals surface area contributed by atoms with Crippen molar-refractivity contribution in [3.05, 3.63) is 24.2 Å². The van der Waals surface area contributed by atoms with Crippen LogP contribution >= 0.6 is 0 Å². The molecule has 0 aliphatic rings. The zero-order valence-electron chi connectivity index (χ0n) is 8.06. The molecule has 0 saturated heterocycles. The van der Waals surface area contributed by atoms with Gasteiger partial charge in [0.2, 0.25) is 0 Å². The molecule has 0 fully saturated rings. The van der Waals surface area contributed by atoms with E-state index in [-0.39, 0.29) is 18.2 Å². The maximum absolute atomic E-state index is 11.7. The van der Waals surface area contributed by atoms with Crippen LogP contribution in [0.25, 0.3) is 0 Å². The first kappa shape index (κ1) is 10.3. The van der Waals surface area contributed by atoms with Gasteiger partial charge in [-0.15, -0.1) is 0 Å². The molecule has 1 amide bonds. The van der Waals surface area contributed by atoms with Crippen LogP contribution in [0.3, 0.4) is 0 Å². The molecular weight excluding hydrogens is 180 g/mol. The number of amides is 1. The number of hydrogen-bond acceptors (Lipinski definition) is 3. The molecule has 0 saturated carbocycles. The summed E-state index contributed by atoms with van der Waals surface area (Å²) in [5, 5.41) is 8.54. The Morgan fingerprint density at radius 3 is 3.00 bits per heavy atom. The van der Waals surface area contributed by atoms with E-state index in [9.17, 15) is 4.79 Å². The second-order valence-electron chi connectivity index (χ2n) is 2.86. The number of nitriles is 1. The average Bonchev–Trinajstić information content (AvgIpc) is 2.69. The lowest BCUT2D eigenvalue weighted by Crippen LogP contribution is -2.31. The molecule has 0 aliphatic heterocycles. The van der Waals surface area contributed by atoms with E-state index in [1.54, 1.807) is 12.1 Å². The molecular formula is C10H12N2O2. The molecule has 1 heterocycles. The number of hydrogen-bond donors (Lipinski definition) is 0. The van der Waals surface area contributed by atoms with Crippen molar-refractivity contribution in [1.29, 1.82) is 5.26 Å². The van der Waals surface area contributed by atoms with Gasteiger partial charge in [0, 0.05) is 6.54 Å². The maximum Gasteiger partial charge on any atom is 0.290 e. The summed E-state index contributed by atoms with van der Waals surface area (Å²) in [5.41, 5.74) is 0. The lowest BCUT2D eigenvalue weighted by molar-refractivity contribution is 0.0744. The average molecular weight is 192 g/mol. The summed E-state index contributed by atoms with van der Waals surface area (Å²) >= 11 is 0. The first-order chi connectivity index (χ1) is 6.79. The van der Waals surface area contributed by atoms with Gasteiger partial charge >= 0.3 is 0 Å². The van der Waals surface area contributed by atoms with Crippen molar-refractivity contribution in [3.8, 4) is 6.07 Å². The van der Waals surface area contributed by atoms with E-state index >= 15 is 0 Å². The third kappa shape index (κ3) is 2.36. The van der Waals surface area contributed by atoms with Gasteiger partial charge in [-0.25, -0.2) is 0 Å². The Balaban J connectivity index is 2.69. The maximum atomic E-state index is 11.7. The lowest BCUT2D eigenvalue weighted by atomic mass is 10.3. The molecule has 14 heavy (non-hydrogen) atoms. The number of carbonyl (C=O) groups is 1. The summed E-state index contributed by atoms with van der Waals surface area (Å²) in [4.78, 5) is 13.1. The molecule has 0 N–H and O–H groups in total. The first-order valence-corrected chi connectivity index (χ1v) is 4.49. The van der Waals surface area contributed by atoms with E-state index in [0.717, 1.165) is 6.42 Å². The van der Waals surface area contributed by atoms with Crippen molar-refractivity contribution in [2.75, 3.05) is 13.1 Å². The van der Waals surface area contributed by atoms with Crippen LogP contribution in [-0.4, -0.2) is 23.9 Å². The molecule has 0 atom stereocenters. The predicted octanol–water partition coefficient (Wildman–Crippen LogP) is 1.66. The van der Waals surface area contributed by atoms with Crippen LogP contribution in [0.4, 0.5) is 0 Å². The number of nitrogens with zero attached hydrogens (tertiary/aromatic N) is 2. The zero-order valence-corrected chi connectivity index (χ0v) is 8.06. The van der Waals surface area contributed by atoms with Gasteiger partial charge in [0.15, 0.2) is 5.76 Å². The third-order valence-electron chi connectivity index (χ3n) is 1.77. The molecule has 0 radical (unpaired) electrons. The Bertz CT molecular complexity index is 324. The SMILES string of the molecule is CCCN(CC#N)C(=O)c1ccco1. The van der Waals surface area contributed by atoms with Crippen LogP contribution < -0.4 is 0 Å². The number of carbonyl (C=O) groups excluding carboxylic acids is 1. The van der Waals surface area contributed by atoms with Crippen molar-refractivity contribution in [2.45, 2.75) is 13.3 Å². The fraction of sp³-hybridized carbons (Fsp3) is 0.400. The first-order valence-electron chi connectivity index (χ1n) is 4.49. The standard InChI is InChI=1S/C10H12N2O2/c1-2-6-12(7-5-11)10(13)9-4-3-8-14-9/h3-4,8H,2,6-7H2,1H3. The summed E-state index contributed by atoms with van der Waals surface area (Å²) in [7, 11) is 0. The lowest BCUT2D eigenvalue weighted by Gasteiger charge is -2.16. The van der Waals surface area contributed by atoms with Crippen LogP contribution in [0.5, 0.6) is 0 Å². The minimum absolute atomic E-state index is 0.105. The van der Waals surface area contributed by atoms with Crippen LogP contribution in [0.2, 0.25) is 0 Å². The van der Waals surface area contributed by atoms with Gasteiger partial charge in [0.25, 0.3) is 5.91 Å². The fourth-order valence-electron chi connectivity index (χ4n) is 1.16. The highest BCUT2D eigenvalue weighted by Crippen LogP contribution is 2.05. The quantitative estimate of drug-likeness (QED) is 0.681. The molecule has 74 valence electrons. The molecule has 1 aromatic heterocycles.